The molecule has 0 aromatic rings. The molecule has 6 heteroatoms. The van der Waals surface area contributed by atoms with Crippen molar-refractivity contribution in [2.75, 3.05) is 19.7 Å². The third kappa shape index (κ3) is 3.35. The van der Waals surface area contributed by atoms with Crippen LogP contribution in [0.2, 0.25) is 0 Å². The van der Waals surface area contributed by atoms with Crippen LogP contribution in [0.15, 0.2) is 5.16 Å². The van der Waals surface area contributed by atoms with Crippen molar-refractivity contribution in [3.8, 4) is 0 Å². The molecule has 1 aliphatic rings. The lowest BCUT2D eigenvalue weighted by atomic mass is 9.91. The van der Waals surface area contributed by atoms with Crippen LogP contribution in [0, 0.1) is 17.8 Å². The van der Waals surface area contributed by atoms with E-state index in [-0.39, 0.29) is 30.2 Å². The normalized spacial score (nSPS) is 20.2. The highest BCUT2D eigenvalue weighted by Crippen LogP contribution is 2.21. The highest BCUT2D eigenvalue weighted by molar-refractivity contribution is 6.02. The van der Waals surface area contributed by atoms with Gasteiger partial charge in [0, 0.05) is 19.7 Å². The number of likely N-dealkylation sites (tertiary alicyclic amines) is 1. The average Bonchev–Trinajstić information content (AvgIpc) is 2.38. The molecule has 0 spiro atoms. The molecule has 1 atom stereocenters. The van der Waals surface area contributed by atoms with Crippen molar-refractivity contribution in [1.29, 1.82) is 0 Å². The van der Waals surface area contributed by atoms with E-state index >= 15 is 0 Å². The molecule has 0 aliphatic carbocycles. The highest BCUT2D eigenvalue weighted by Gasteiger charge is 2.32. The van der Waals surface area contributed by atoms with Crippen LogP contribution in [0.1, 0.15) is 26.7 Å². The molecule has 1 aliphatic heterocycles. The number of amides is 1. The molecule has 1 amide bonds. The van der Waals surface area contributed by atoms with Crippen molar-refractivity contribution in [3.05, 3.63) is 0 Å². The number of carbonyl (C=O) groups excluding carboxylic acids is 1. The quantitative estimate of drug-likeness (QED) is 0.291. The Bertz CT molecular complexity index is 310. The fourth-order valence-corrected chi connectivity index (χ4v) is 2.35. The second-order valence-electron chi connectivity index (χ2n) is 5.20. The summed E-state index contributed by atoms with van der Waals surface area (Å²) >= 11 is 0. The van der Waals surface area contributed by atoms with Gasteiger partial charge in [0.2, 0.25) is 5.91 Å². The molecule has 0 aromatic heterocycles. The minimum Gasteiger partial charge on any atom is -0.409 e. The largest absolute Gasteiger partial charge is 0.409 e. The molecule has 1 saturated heterocycles. The van der Waals surface area contributed by atoms with E-state index in [4.69, 9.17) is 16.0 Å². The number of carbonyl (C=O) groups is 1. The first-order valence-electron chi connectivity index (χ1n) is 6.38. The van der Waals surface area contributed by atoms with E-state index in [0.717, 1.165) is 12.8 Å². The summed E-state index contributed by atoms with van der Waals surface area (Å²) in [6, 6.07) is 0. The molecule has 0 radical (unpaired) electrons. The molecular formula is C12H23N3O3. The summed E-state index contributed by atoms with van der Waals surface area (Å²) in [5.41, 5.74) is 5.59. The zero-order valence-corrected chi connectivity index (χ0v) is 11.0. The van der Waals surface area contributed by atoms with Gasteiger partial charge in [-0.3, -0.25) is 4.79 Å². The molecule has 0 bridgehead atoms. The number of nitrogens with two attached hydrogens (primary N) is 1. The number of piperidine rings is 1. The molecule has 104 valence electrons. The fourth-order valence-electron chi connectivity index (χ4n) is 2.35. The summed E-state index contributed by atoms with van der Waals surface area (Å²) in [7, 11) is 0. The van der Waals surface area contributed by atoms with Gasteiger partial charge in [0.15, 0.2) is 5.84 Å². The van der Waals surface area contributed by atoms with Crippen molar-refractivity contribution >= 4 is 11.7 Å². The minimum atomic E-state index is -0.569. The summed E-state index contributed by atoms with van der Waals surface area (Å²) in [5.74, 6) is -0.406. The molecule has 1 heterocycles. The van der Waals surface area contributed by atoms with Crippen LogP contribution in [0.5, 0.6) is 0 Å². The van der Waals surface area contributed by atoms with Gasteiger partial charge in [0.25, 0.3) is 0 Å². The summed E-state index contributed by atoms with van der Waals surface area (Å²) < 4.78 is 0. The van der Waals surface area contributed by atoms with Crippen molar-refractivity contribution in [3.63, 3.8) is 0 Å². The van der Waals surface area contributed by atoms with Crippen LogP contribution >= 0.6 is 0 Å². The minimum absolute atomic E-state index is 0.0102. The molecule has 6 nitrogen and oxygen atoms in total. The third-order valence-corrected chi connectivity index (χ3v) is 3.55. The van der Waals surface area contributed by atoms with Gasteiger partial charge < -0.3 is 20.9 Å². The summed E-state index contributed by atoms with van der Waals surface area (Å²) in [6.07, 6.45) is 1.62. The van der Waals surface area contributed by atoms with Gasteiger partial charge in [-0.25, -0.2) is 0 Å². The highest BCUT2D eigenvalue weighted by atomic mass is 16.4. The van der Waals surface area contributed by atoms with E-state index in [1.165, 1.54) is 0 Å². The number of hydrogen-bond acceptors (Lipinski definition) is 4. The van der Waals surface area contributed by atoms with Crippen molar-refractivity contribution in [2.24, 2.45) is 28.6 Å². The number of rotatable bonds is 4. The van der Waals surface area contributed by atoms with Crippen LogP contribution in [0.4, 0.5) is 0 Å². The van der Waals surface area contributed by atoms with Gasteiger partial charge in [-0.05, 0) is 24.7 Å². The Morgan fingerprint density at radius 3 is 2.39 bits per heavy atom. The lowest BCUT2D eigenvalue weighted by Crippen LogP contribution is -2.47. The smallest absolute Gasteiger partial charge is 0.233 e. The Morgan fingerprint density at radius 1 is 1.44 bits per heavy atom. The monoisotopic (exact) mass is 257 g/mol. The Labute approximate surface area is 107 Å². The zero-order valence-electron chi connectivity index (χ0n) is 11.0. The maximum absolute atomic E-state index is 12.3. The SMILES string of the molecule is CC(C)C(C(=O)N1CCC(CO)CC1)/C(N)=N/O. The second kappa shape index (κ2) is 6.58. The number of amidine groups is 1. The van der Waals surface area contributed by atoms with E-state index < -0.39 is 5.92 Å². The van der Waals surface area contributed by atoms with E-state index in [1.807, 2.05) is 13.8 Å². The van der Waals surface area contributed by atoms with Crippen LogP contribution in [-0.4, -0.2) is 46.7 Å². The molecule has 18 heavy (non-hydrogen) atoms. The first kappa shape index (κ1) is 14.8. The van der Waals surface area contributed by atoms with Gasteiger partial charge in [-0.2, -0.15) is 0 Å². The summed E-state index contributed by atoms with van der Waals surface area (Å²) in [6.45, 7) is 5.19. The van der Waals surface area contributed by atoms with Gasteiger partial charge in [-0.1, -0.05) is 19.0 Å². The van der Waals surface area contributed by atoms with Crippen molar-refractivity contribution < 1.29 is 15.1 Å². The van der Waals surface area contributed by atoms with E-state index in [2.05, 4.69) is 5.16 Å². The van der Waals surface area contributed by atoms with Crippen molar-refractivity contribution in [1.82, 2.24) is 4.90 Å². The molecular weight excluding hydrogens is 234 g/mol. The van der Waals surface area contributed by atoms with Crippen LogP contribution in [0.25, 0.3) is 0 Å². The standard InChI is InChI=1S/C12H23N3O3/c1-8(2)10(11(13)14-18)12(17)15-5-3-9(7-16)4-6-15/h8-10,16,18H,3-7H2,1-2H3,(H2,13,14). The lowest BCUT2D eigenvalue weighted by molar-refractivity contribution is -0.136. The molecule has 1 fully saturated rings. The molecule has 0 aromatic carbocycles. The number of aliphatic hydroxyl groups is 1. The molecule has 4 N–H and O–H groups in total. The lowest BCUT2D eigenvalue weighted by Gasteiger charge is -2.34. The maximum Gasteiger partial charge on any atom is 0.233 e. The first-order valence-corrected chi connectivity index (χ1v) is 6.38. The first-order chi connectivity index (χ1) is 8.51. The van der Waals surface area contributed by atoms with Crippen LogP contribution in [-0.2, 0) is 4.79 Å². The van der Waals surface area contributed by atoms with Crippen molar-refractivity contribution in [2.45, 2.75) is 26.7 Å². The predicted octanol–water partition coefficient (Wildman–Crippen LogP) is 0.236. The van der Waals surface area contributed by atoms with Gasteiger partial charge in [-0.15, -0.1) is 0 Å². The topological polar surface area (TPSA) is 99.2 Å². The van der Waals surface area contributed by atoms with Crippen LogP contribution in [0.3, 0.4) is 0 Å². The number of oxime groups is 1. The Hall–Kier alpha value is -1.30. The fraction of sp³-hybridized carbons (Fsp3) is 0.833. The predicted molar refractivity (Wildman–Crippen MR) is 68.1 cm³/mol. The van der Waals surface area contributed by atoms with E-state index in [9.17, 15) is 4.79 Å². The Morgan fingerprint density at radius 2 is 2.00 bits per heavy atom. The van der Waals surface area contributed by atoms with Gasteiger partial charge in [0.1, 0.15) is 5.92 Å². The molecule has 1 rings (SSSR count). The summed E-state index contributed by atoms with van der Waals surface area (Å²) in [5, 5.41) is 20.8. The number of hydrogen-bond donors (Lipinski definition) is 3. The van der Waals surface area contributed by atoms with Gasteiger partial charge in [0.05, 0.1) is 0 Å². The van der Waals surface area contributed by atoms with E-state index in [0.29, 0.717) is 13.1 Å². The number of aliphatic hydroxyl groups excluding tert-OH is 1. The average molecular weight is 257 g/mol. The summed E-state index contributed by atoms with van der Waals surface area (Å²) in [4.78, 5) is 14.1. The van der Waals surface area contributed by atoms with Gasteiger partial charge >= 0.3 is 0 Å². The number of nitrogens with zero attached hydrogens (tertiary/aromatic N) is 2. The second-order valence-corrected chi connectivity index (χ2v) is 5.20. The molecule has 1 unspecified atom stereocenters. The van der Waals surface area contributed by atoms with E-state index in [1.54, 1.807) is 4.90 Å². The Kier molecular flexibility index (Phi) is 5.40. The Balaban J connectivity index is 2.68. The maximum atomic E-state index is 12.3. The third-order valence-electron chi connectivity index (χ3n) is 3.55. The molecule has 0 saturated carbocycles. The zero-order chi connectivity index (χ0) is 13.7. The van der Waals surface area contributed by atoms with Crippen LogP contribution < -0.4 is 5.73 Å².